The lowest BCUT2D eigenvalue weighted by Gasteiger charge is -2.29. The number of benzene rings is 1. The van der Waals surface area contributed by atoms with Gasteiger partial charge in [0.1, 0.15) is 11.8 Å². The molecule has 9 heteroatoms. The van der Waals surface area contributed by atoms with E-state index in [4.69, 9.17) is 10.3 Å². The van der Waals surface area contributed by atoms with Crippen LogP contribution < -0.4 is 10.1 Å². The quantitative estimate of drug-likeness (QED) is 0.275. The van der Waals surface area contributed by atoms with Crippen molar-refractivity contribution in [2.24, 2.45) is 5.11 Å². The number of amides is 3. The molecule has 146 valence electrons. The van der Waals surface area contributed by atoms with Crippen LogP contribution in [-0.2, 0) is 21.5 Å². The molecule has 0 aromatic heterocycles. The summed E-state index contributed by atoms with van der Waals surface area (Å²) in [5, 5.41) is 5.90. The Morgan fingerprint density at radius 2 is 2.21 bits per heavy atom. The van der Waals surface area contributed by atoms with E-state index in [1.165, 1.54) is 4.90 Å². The van der Waals surface area contributed by atoms with Crippen LogP contribution in [-0.4, -0.2) is 41.8 Å². The Balaban J connectivity index is 1.58. The third-order valence-electron chi connectivity index (χ3n) is 5.90. The molecule has 2 unspecified atom stereocenters. The molecule has 1 saturated heterocycles. The van der Waals surface area contributed by atoms with E-state index in [2.05, 4.69) is 22.3 Å². The Morgan fingerprint density at radius 1 is 1.39 bits per heavy atom. The average molecular weight is 383 g/mol. The normalized spacial score (nSPS) is 25.7. The smallest absolute Gasteiger partial charge is 0.255 e. The van der Waals surface area contributed by atoms with Crippen molar-refractivity contribution in [2.75, 3.05) is 13.2 Å². The van der Waals surface area contributed by atoms with Crippen molar-refractivity contribution in [3.8, 4) is 5.75 Å². The Kier molecular flexibility index (Phi) is 4.47. The average Bonchev–Trinajstić information content (AvgIpc) is 3.17. The number of fused-ring (bicyclic) bond motifs is 3. The van der Waals surface area contributed by atoms with Crippen molar-refractivity contribution in [3.63, 3.8) is 0 Å². The van der Waals surface area contributed by atoms with Crippen LogP contribution in [0.3, 0.4) is 0 Å². The first kappa shape index (κ1) is 18.3. The lowest BCUT2D eigenvalue weighted by molar-refractivity contribution is -0.136. The number of carbonyl (C=O) groups is 3. The molecule has 3 aliphatic heterocycles. The van der Waals surface area contributed by atoms with Crippen LogP contribution in [0, 0.1) is 0 Å². The van der Waals surface area contributed by atoms with Gasteiger partial charge in [0, 0.05) is 40.0 Å². The maximum atomic E-state index is 12.9. The van der Waals surface area contributed by atoms with Gasteiger partial charge in [-0.3, -0.25) is 19.7 Å². The third-order valence-corrected chi connectivity index (χ3v) is 5.90. The minimum Gasteiger partial charge on any atom is -0.492 e. The summed E-state index contributed by atoms with van der Waals surface area (Å²) in [5.74, 6) is -0.191. The molecule has 28 heavy (non-hydrogen) atoms. The van der Waals surface area contributed by atoms with E-state index in [9.17, 15) is 14.4 Å². The first-order chi connectivity index (χ1) is 13.4. The van der Waals surface area contributed by atoms with Crippen LogP contribution in [0.25, 0.3) is 10.4 Å². The van der Waals surface area contributed by atoms with E-state index in [1.54, 1.807) is 0 Å². The van der Waals surface area contributed by atoms with Gasteiger partial charge in [0.2, 0.25) is 11.8 Å². The predicted octanol–water partition coefficient (Wildman–Crippen LogP) is 2.19. The zero-order chi connectivity index (χ0) is 19.9. The van der Waals surface area contributed by atoms with E-state index in [0.717, 1.165) is 29.7 Å². The standard InChI is InChI=1S/C19H21N5O4/c1-19(7-2-8-21-23-20)10-28-16-12-9-24(14-5-6-15(25)22-17(14)26)18(27)11(12)3-4-13(16)19/h3-4,14H,2,5-10H2,1H3,(H,22,25,26). The fraction of sp³-hybridized carbons (Fsp3) is 0.526. The fourth-order valence-electron chi connectivity index (χ4n) is 4.35. The maximum absolute atomic E-state index is 12.9. The summed E-state index contributed by atoms with van der Waals surface area (Å²) < 4.78 is 6.00. The van der Waals surface area contributed by atoms with Crippen molar-refractivity contribution < 1.29 is 19.1 Å². The summed E-state index contributed by atoms with van der Waals surface area (Å²) in [4.78, 5) is 40.8. The number of azide groups is 1. The Hall–Kier alpha value is -3.06. The molecule has 0 aliphatic carbocycles. The highest BCUT2D eigenvalue weighted by atomic mass is 16.5. The molecule has 1 aromatic carbocycles. The molecular weight excluding hydrogens is 362 g/mol. The van der Waals surface area contributed by atoms with Gasteiger partial charge in [-0.1, -0.05) is 18.1 Å². The molecule has 4 rings (SSSR count). The van der Waals surface area contributed by atoms with Gasteiger partial charge in [-0.25, -0.2) is 0 Å². The Labute approximate surface area is 161 Å². The zero-order valence-corrected chi connectivity index (χ0v) is 15.6. The molecule has 3 heterocycles. The molecule has 0 bridgehead atoms. The highest BCUT2D eigenvalue weighted by Crippen LogP contribution is 2.47. The number of imide groups is 1. The van der Waals surface area contributed by atoms with Crippen molar-refractivity contribution in [2.45, 2.75) is 50.6 Å². The number of piperidine rings is 1. The topological polar surface area (TPSA) is 124 Å². The molecule has 1 N–H and O–H groups in total. The van der Waals surface area contributed by atoms with Crippen LogP contribution in [0.5, 0.6) is 5.75 Å². The van der Waals surface area contributed by atoms with Crippen LogP contribution >= 0.6 is 0 Å². The number of rotatable bonds is 5. The SMILES string of the molecule is CC1(CCCN=[N+]=[N-])COc2c1ccc1c2CN(C2CCC(=O)NC2=O)C1=O. The van der Waals surface area contributed by atoms with E-state index in [-0.39, 0.29) is 23.7 Å². The van der Waals surface area contributed by atoms with Crippen LogP contribution in [0.1, 0.15) is 54.1 Å². The molecule has 3 aliphatic rings. The number of nitrogens with one attached hydrogen (secondary N) is 1. The van der Waals surface area contributed by atoms with Gasteiger partial charge in [-0.05, 0) is 30.9 Å². The molecule has 3 amide bonds. The molecule has 9 nitrogen and oxygen atoms in total. The minimum atomic E-state index is -0.634. The Bertz CT molecular complexity index is 923. The van der Waals surface area contributed by atoms with Crippen LogP contribution in [0.15, 0.2) is 17.2 Å². The van der Waals surface area contributed by atoms with E-state index in [0.29, 0.717) is 31.7 Å². The molecule has 0 spiro atoms. The number of nitrogens with zero attached hydrogens (tertiary/aromatic N) is 4. The van der Waals surface area contributed by atoms with Gasteiger partial charge >= 0.3 is 0 Å². The van der Waals surface area contributed by atoms with Crippen molar-refractivity contribution in [1.29, 1.82) is 0 Å². The van der Waals surface area contributed by atoms with Gasteiger partial charge in [-0.15, -0.1) is 0 Å². The number of ether oxygens (including phenoxy) is 1. The maximum Gasteiger partial charge on any atom is 0.255 e. The van der Waals surface area contributed by atoms with Gasteiger partial charge < -0.3 is 9.64 Å². The van der Waals surface area contributed by atoms with Gasteiger partial charge in [0.25, 0.3) is 5.91 Å². The number of carbonyl (C=O) groups excluding carboxylic acids is 3. The number of hydrogen-bond donors (Lipinski definition) is 1. The molecule has 0 radical (unpaired) electrons. The monoisotopic (exact) mass is 383 g/mol. The summed E-state index contributed by atoms with van der Waals surface area (Å²) >= 11 is 0. The predicted molar refractivity (Wildman–Crippen MR) is 98.6 cm³/mol. The molecule has 1 fully saturated rings. The largest absolute Gasteiger partial charge is 0.492 e. The van der Waals surface area contributed by atoms with E-state index >= 15 is 0 Å². The first-order valence-corrected chi connectivity index (χ1v) is 9.39. The van der Waals surface area contributed by atoms with Crippen molar-refractivity contribution in [1.82, 2.24) is 10.2 Å². The van der Waals surface area contributed by atoms with E-state index in [1.807, 2.05) is 12.1 Å². The minimum absolute atomic E-state index is 0.201. The van der Waals surface area contributed by atoms with Crippen molar-refractivity contribution >= 4 is 17.7 Å². The van der Waals surface area contributed by atoms with Crippen LogP contribution in [0.2, 0.25) is 0 Å². The summed E-state index contributed by atoms with van der Waals surface area (Å²) in [7, 11) is 0. The Morgan fingerprint density at radius 3 is 2.96 bits per heavy atom. The summed E-state index contributed by atoms with van der Waals surface area (Å²) in [6.45, 7) is 3.35. The highest BCUT2D eigenvalue weighted by molar-refractivity contribution is 6.05. The second kappa shape index (κ2) is 6.83. The van der Waals surface area contributed by atoms with Crippen LogP contribution in [0.4, 0.5) is 0 Å². The second-order valence-electron chi connectivity index (χ2n) is 7.78. The van der Waals surface area contributed by atoms with Gasteiger partial charge in [0.15, 0.2) is 0 Å². The van der Waals surface area contributed by atoms with Gasteiger partial charge in [0.05, 0.1) is 13.2 Å². The molecular formula is C19H21N5O4. The molecule has 2 atom stereocenters. The summed E-state index contributed by atoms with van der Waals surface area (Å²) in [6.07, 6.45) is 2.13. The number of hydrogen-bond acceptors (Lipinski definition) is 5. The first-order valence-electron chi connectivity index (χ1n) is 9.39. The van der Waals surface area contributed by atoms with Crippen molar-refractivity contribution in [3.05, 3.63) is 39.3 Å². The van der Waals surface area contributed by atoms with Gasteiger partial charge in [-0.2, -0.15) is 0 Å². The second-order valence-corrected chi connectivity index (χ2v) is 7.78. The third kappa shape index (κ3) is 2.88. The molecule has 1 aromatic rings. The lowest BCUT2D eigenvalue weighted by atomic mass is 9.79. The van der Waals surface area contributed by atoms with E-state index < -0.39 is 11.9 Å². The summed E-state index contributed by atoms with van der Waals surface area (Å²) in [6, 6.07) is 3.11. The fourth-order valence-corrected chi connectivity index (χ4v) is 4.35. The zero-order valence-electron chi connectivity index (χ0n) is 15.6. The molecule has 0 saturated carbocycles. The summed E-state index contributed by atoms with van der Waals surface area (Å²) in [5.41, 5.74) is 10.6. The highest BCUT2D eigenvalue weighted by Gasteiger charge is 2.44. The lowest BCUT2D eigenvalue weighted by Crippen LogP contribution is -2.52.